The van der Waals surface area contributed by atoms with Crippen LogP contribution in [0.15, 0.2) is 4.79 Å². The van der Waals surface area contributed by atoms with E-state index in [2.05, 4.69) is 11.9 Å². The largest absolute Gasteiger partial charge is 0.301 e. The predicted molar refractivity (Wildman–Crippen MR) is 63.3 cm³/mol. The fraction of sp³-hybridized carbons (Fsp3) is 0.583. The maximum absolute atomic E-state index is 12.2. The normalized spacial score (nSPS) is 15.0. The second-order valence-electron chi connectivity index (χ2n) is 4.29. The van der Waals surface area contributed by atoms with Crippen LogP contribution in [0.2, 0.25) is 0 Å². The van der Waals surface area contributed by atoms with Crippen LogP contribution in [0.25, 0.3) is 0 Å². The minimum absolute atomic E-state index is 0.0637. The monoisotopic (exact) mass is 219 g/mol. The van der Waals surface area contributed by atoms with Crippen molar-refractivity contribution in [1.82, 2.24) is 9.55 Å². The minimum Gasteiger partial charge on any atom is -0.301 e. The summed E-state index contributed by atoms with van der Waals surface area (Å²) in [6, 6.07) is 0. The van der Waals surface area contributed by atoms with Crippen LogP contribution < -0.4 is 5.56 Å². The average molecular weight is 219 g/mol. The van der Waals surface area contributed by atoms with Gasteiger partial charge in [-0.15, -0.1) is 0 Å². The smallest absolute Gasteiger partial charge is 0.257 e. The van der Waals surface area contributed by atoms with Crippen LogP contribution in [-0.2, 0) is 13.0 Å². The van der Waals surface area contributed by atoms with Gasteiger partial charge >= 0.3 is 0 Å². The van der Waals surface area contributed by atoms with Crippen molar-refractivity contribution >= 4 is 5.71 Å². The van der Waals surface area contributed by atoms with E-state index in [1.807, 2.05) is 6.92 Å². The van der Waals surface area contributed by atoms with Crippen LogP contribution in [0, 0.1) is 12.3 Å². The lowest BCUT2D eigenvalue weighted by Crippen LogP contribution is -2.34. The Hall–Kier alpha value is -1.45. The summed E-state index contributed by atoms with van der Waals surface area (Å²) in [6.07, 6.45) is 3.35. The molecule has 0 bridgehead atoms. The van der Waals surface area contributed by atoms with Gasteiger partial charge in [-0.25, -0.2) is 4.98 Å². The molecule has 2 heterocycles. The van der Waals surface area contributed by atoms with Crippen LogP contribution in [-0.4, -0.2) is 15.3 Å². The van der Waals surface area contributed by atoms with Crippen molar-refractivity contribution in [1.29, 1.82) is 5.41 Å². The SMILES string of the molecule is CCCc1c(C)nc2n(c1=O)CCCC2=N. The second-order valence-corrected chi connectivity index (χ2v) is 4.29. The van der Waals surface area contributed by atoms with E-state index in [4.69, 9.17) is 5.41 Å². The topological polar surface area (TPSA) is 58.7 Å². The summed E-state index contributed by atoms with van der Waals surface area (Å²) in [6.45, 7) is 4.64. The Labute approximate surface area is 94.8 Å². The van der Waals surface area contributed by atoms with Crippen molar-refractivity contribution in [2.24, 2.45) is 0 Å². The maximum Gasteiger partial charge on any atom is 0.257 e. The molecule has 0 saturated carbocycles. The molecule has 4 nitrogen and oxygen atoms in total. The molecule has 0 spiro atoms. The minimum atomic E-state index is 0.0637. The first-order chi connectivity index (χ1) is 7.65. The molecule has 0 amide bonds. The number of fused-ring (bicyclic) bond motifs is 1. The zero-order valence-corrected chi connectivity index (χ0v) is 9.84. The van der Waals surface area contributed by atoms with Crippen molar-refractivity contribution in [2.75, 3.05) is 0 Å². The highest BCUT2D eigenvalue weighted by Gasteiger charge is 2.19. The molecular formula is C12H17N3O. The molecule has 0 radical (unpaired) electrons. The third kappa shape index (κ3) is 1.68. The number of hydrogen-bond acceptors (Lipinski definition) is 3. The van der Waals surface area contributed by atoms with Crippen molar-refractivity contribution in [2.45, 2.75) is 46.1 Å². The molecule has 0 fully saturated rings. The van der Waals surface area contributed by atoms with E-state index in [1.165, 1.54) is 0 Å². The molecule has 1 aliphatic heterocycles. The lowest BCUT2D eigenvalue weighted by molar-refractivity contribution is 0.579. The molecule has 1 aliphatic rings. The van der Waals surface area contributed by atoms with E-state index in [0.29, 0.717) is 18.1 Å². The van der Waals surface area contributed by atoms with E-state index in [-0.39, 0.29) is 5.56 Å². The molecule has 2 rings (SSSR count). The van der Waals surface area contributed by atoms with E-state index in [1.54, 1.807) is 4.57 Å². The van der Waals surface area contributed by atoms with Crippen LogP contribution in [0.4, 0.5) is 0 Å². The summed E-state index contributed by atoms with van der Waals surface area (Å²) in [5.41, 5.74) is 2.17. The van der Waals surface area contributed by atoms with Gasteiger partial charge in [-0.05, 0) is 26.2 Å². The molecule has 1 aromatic rings. The number of rotatable bonds is 2. The third-order valence-corrected chi connectivity index (χ3v) is 3.05. The quantitative estimate of drug-likeness (QED) is 0.822. The van der Waals surface area contributed by atoms with Gasteiger partial charge in [0.25, 0.3) is 5.56 Å². The van der Waals surface area contributed by atoms with Gasteiger partial charge in [0, 0.05) is 17.8 Å². The molecule has 0 aromatic carbocycles. The van der Waals surface area contributed by atoms with Crippen LogP contribution in [0.1, 0.15) is 43.3 Å². The molecule has 86 valence electrons. The Balaban J connectivity index is 2.62. The molecule has 1 N–H and O–H groups in total. The molecule has 16 heavy (non-hydrogen) atoms. The summed E-state index contributed by atoms with van der Waals surface area (Å²) in [5, 5.41) is 7.81. The Morgan fingerprint density at radius 1 is 1.50 bits per heavy atom. The van der Waals surface area contributed by atoms with Crippen molar-refractivity contribution in [3.63, 3.8) is 0 Å². The number of aromatic nitrogens is 2. The molecule has 0 unspecified atom stereocenters. The Morgan fingerprint density at radius 3 is 2.94 bits per heavy atom. The van der Waals surface area contributed by atoms with Gasteiger partial charge in [-0.2, -0.15) is 0 Å². The average Bonchev–Trinajstić information content (AvgIpc) is 2.26. The lowest BCUT2D eigenvalue weighted by atomic mass is 10.1. The second kappa shape index (κ2) is 4.20. The summed E-state index contributed by atoms with van der Waals surface area (Å²) < 4.78 is 1.67. The number of hydrogen-bond donors (Lipinski definition) is 1. The first-order valence-corrected chi connectivity index (χ1v) is 5.83. The highest BCUT2D eigenvalue weighted by Crippen LogP contribution is 2.13. The fourth-order valence-corrected chi connectivity index (χ4v) is 2.20. The number of nitrogens with one attached hydrogen (secondary N) is 1. The van der Waals surface area contributed by atoms with Gasteiger partial charge in [-0.1, -0.05) is 13.3 Å². The summed E-state index contributed by atoms with van der Waals surface area (Å²) in [7, 11) is 0. The van der Waals surface area contributed by atoms with Gasteiger partial charge in [0.2, 0.25) is 0 Å². The Bertz CT molecular complexity index is 488. The van der Waals surface area contributed by atoms with Gasteiger partial charge in [0.1, 0.15) is 0 Å². The van der Waals surface area contributed by atoms with E-state index in [0.717, 1.165) is 36.9 Å². The molecule has 4 heteroatoms. The van der Waals surface area contributed by atoms with Gasteiger partial charge in [-0.3, -0.25) is 9.36 Å². The summed E-state index contributed by atoms with van der Waals surface area (Å²) >= 11 is 0. The number of nitrogens with zero attached hydrogens (tertiary/aromatic N) is 2. The zero-order chi connectivity index (χ0) is 11.7. The first-order valence-electron chi connectivity index (χ1n) is 5.83. The van der Waals surface area contributed by atoms with Crippen molar-refractivity contribution in [3.8, 4) is 0 Å². The highest BCUT2D eigenvalue weighted by molar-refractivity contribution is 5.95. The zero-order valence-electron chi connectivity index (χ0n) is 9.84. The van der Waals surface area contributed by atoms with Crippen molar-refractivity contribution in [3.05, 3.63) is 27.4 Å². The predicted octanol–water partition coefficient (Wildman–Crippen LogP) is 1.67. The summed E-state index contributed by atoms with van der Waals surface area (Å²) in [4.78, 5) is 16.6. The molecular weight excluding hydrogens is 202 g/mol. The summed E-state index contributed by atoms with van der Waals surface area (Å²) in [5.74, 6) is 0.577. The molecule has 0 aliphatic carbocycles. The van der Waals surface area contributed by atoms with E-state index < -0.39 is 0 Å². The van der Waals surface area contributed by atoms with Crippen LogP contribution in [0.5, 0.6) is 0 Å². The Morgan fingerprint density at radius 2 is 2.25 bits per heavy atom. The van der Waals surface area contributed by atoms with Gasteiger partial charge < -0.3 is 5.41 Å². The third-order valence-electron chi connectivity index (χ3n) is 3.05. The van der Waals surface area contributed by atoms with Crippen molar-refractivity contribution < 1.29 is 0 Å². The van der Waals surface area contributed by atoms with E-state index >= 15 is 0 Å². The van der Waals surface area contributed by atoms with Crippen LogP contribution >= 0.6 is 0 Å². The van der Waals surface area contributed by atoms with Gasteiger partial charge in [0.05, 0.1) is 5.71 Å². The Kier molecular flexibility index (Phi) is 2.90. The molecule has 0 saturated heterocycles. The van der Waals surface area contributed by atoms with Crippen LogP contribution in [0.3, 0.4) is 0 Å². The molecule has 1 aromatic heterocycles. The lowest BCUT2D eigenvalue weighted by Gasteiger charge is -2.20. The maximum atomic E-state index is 12.2. The molecule has 0 atom stereocenters. The highest BCUT2D eigenvalue weighted by atomic mass is 16.1. The number of aryl methyl sites for hydroxylation is 1. The first kappa shape index (κ1) is 11.0. The van der Waals surface area contributed by atoms with Gasteiger partial charge in [0.15, 0.2) is 5.82 Å². The standard InChI is InChI=1S/C12H17N3O/c1-3-5-9-8(2)14-11-10(13)6-4-7-15(11)12(9)16/h13H,3-7H2,1-2H3. The van der Waals surface area contributed by atoms with E-state index in [9.17, 15) is 4.79 Å². The fourth-order valence-electron chi connectivity index (χ4n) is 2.20.